The fourth-order valence-corrected chi connectivity index (χ4v) is 3.63. The number of aromatic nitrogens is 2. The van der Waals surface area contributed by atoms with Crippen LogP contribution in [0.4, 0.5) is 5.69 Å². The van der Waals surface area contributed by atoms with Crippen molar-refractivity contribution in [3.05, 3.63) is 66.6 Å². The van der Waals surface area contributed by atoms with Crippen LogP contribution < -0.4 is 14.8 Å². The highest BCUT2D eigenvalue weighted by Gasteiger charge is 2.14. The van der Waals surface area contributed by atoms with Crippen molar-refractivity contribution in [1.29, 1.82) is 0 Å². The summed E-state index contributed by atoms with van der Waals surface area (Å²) in [5, 5.41) is 2.68. The zero-order valence-electron chi connectivity index (χ0n) is 16.6. The minimum absolute atomic E-state index is 0.0162. The molecule has 0 fully saturated rings. The molecule has 1 heterocycles. The van der Waals surface area contributed by atoms with Crippen molar-refractivity contribution in [1.82, 2.24) is 14.7 Å². The van der Waals surface area contributed by atoms with Crippen molar-refractivity contribution < 1.29 is 17.9 Å². The fraction of sp³-hybridized carbons (Fsp3) is 0.190. The van der Waals surface area contributed by atoms with E-state index >= 15 is 0 Å². The number of rotatable bonds is 8. The molecule has 0 atom stereocenters. The Bertz CT molecular complexity index is 1110. The number of anilines is 1. The zero-order valence-corrected chi connectivity index (χ0v) is 17.4. The van der Waals surface area contributed by atoms with E-state index in [0.717, 1.165) is 11.3 Å². The van der Waals surface area contributed by atoms with E-state index in [1.165, 1.54) is 18.5 Å². The molecule has 0 spiro atoms. The summed E-state index contributed by atoms with van der Waals surface area (Å²) >= 11 is 0. The molecule has 30 heavy (non-hydrogen) atoms. The number of nitrogens with one attached hydrogen (secondary N) is 2. The maximum Gasteiger partial charge on any atom is 0.240 e. The van der Waals surface area contributed by atoms with Gasteiger partial charge in [0.05, 0.1) is 29.9 Å². The van der Waals surface area contributed by atoms with Gasteiger partial charge in [0.25, 0.3) is 0 Å². The second-order valence-corrected chi connectivity index (χ2v) is 8.14. The third kappa shape index (κ3) is 5.40. The van der Waals surface area contributed by atoms with Crippen LogP contribution in [0.2, 0.25) is 0 Å². The molecular weight excluding hydrogens is 404 g/mol. The highest BCUT2D eigenvalue weighted by Crippen LogP contribution is 2.21. The van der Waals surface area contributed by atoms with E-state index in [2.05, 4.69) is 20.0 Å². The SMILES string of the molecule is CCC(=O)Nc1ccc(S(=O)(=O)NCc2cc(-c3ccc(OC)cc3)ncn2)cc1. The Morgan fingerprint density at radius 2 is 1.73 bits per heavy atom. The van der Waals surface area contributed by atoms with E-state index < -0.39 is 10.0 Å². The van der Waals surface area contributed by atoms with E-state index in [9.17, 15) is 13.2 Å². The number of benzene rings is 2. The van der Waals surface area contributed by atoms with Gasteiger partial charge in [-0.1, -0.05) is 6.92 Å². The van der Waals surface area contributed by atoms with Crippen LogP contribution in [0, 0.1) is 0 Å². The topological polar surface area (TPSA) is 110 Å². The van der Waals surface area contributed by atoms with Crippen molar-refractivity contribution in [2.75, 3.05) is 12.4 Å². The monoisotopic (exact) mass is 426 g/mol. The quantitative estimate of drug-likeness (QED) is 0.573. The Labute approximate surface area is 175 Å². The molecule has 0 saturated carbocycles. The summed E-state index contributed by atoms with van der Waals surface area (Å²) in [7, 11) is -2.14. The number of sulfonamides is 1. The van der Waals surface area contributed by atoms with Crippen molar-refractivity contribution >= 4 is 21.6 Å². The molecule has 3 aromatic rings. The molecule has 0 aliphatic carbocycles. The van der Waals surface area contributed by atoms with Crippen molar-refractivity contribution in [3.63, 3.8) is 0 Å². The lowest BCUT2D eigenvalue weighted by Crippen LogP contribution is -2.23. The predicted octanol–water partition coefficient (Wildman–Crippen LogP) is 2.98. The van der Waals surface area contributed by atoms with Gasteiger partial charge in [0.15, 0.2) is 0 Å². The molecule has 2 aromatic carbocycles. The van der Waals surface area contributed by atoms with Crippen molar-refractivity contribution in [2.24, 2.45) is 0 Å². The molecule has 0 aliphatic rings. The number of nitrogens with zero attached hydrogens (tertiary/aromatic N) is 2. The summed E-state index contributed by atoms with van der Waals surface area (Å²) in [5.41, 5.74) is 2.62. The predicted molar refractivity (Wildman–Crippen MR) is 113 cm³/mol. The van der Waals surface area contributed by atoms with Gasteiger partial charge in [0, 0.05) is 17.7 Å². The summed E-state index contributed by atoms with van der Waals surface area (Å²) < 4.78 is 32.8. The van der Waals surface area contributed by atoms with Gasteiger partial charge in [-0.3, -0.25) is 4.79 Å². The average Bonchev–Trinajstić information content (AvgIpc) is 2.78. The first kappa shape index (κ1) is 21.4. The van der Waals surface area contributed by atoms with E-state index in [4.69, 9.17) is 4.74 Å². The maximum atomic E-state index is 12.6. The molecule has 0 bridgehead atoms. The molecule has 0 aliphatic heterocycles. The Hall–Kier alpha value is -3.30. The molecule has 0 unspecified atom stereocenters. The Morgan fingerprint density at radius 1 is 1.03 bits per heavy atom. The molecule has 1 aromatic heterocycles. The maximum absolute atomic E-state index is 12.6. The minimum Gasteiger partial charge on any atom is -0.497 e. The number of hydrogen-bond donors (Lipinski definition) is 2. The molecule has 0 saturated heterocycles. The standard InChI is InChI=1S/C21H22N4O4S/c1-3-21(26)25-16-6-10-19(11-7-16)30(27,28)24-13-17-12-20(23-14-22-17)15-4-8-18(29-2)9-5-15/h4-12,14,24H,3,13H2,1-2H3,(H,25,26). The number of methoxy groups -OCH3 is 1. The normalized spacial score (nSPS) is 11.1. The third-order valence-corrected chi connectivity index (χ3v) is 5.74. The number of carbonyl (C=O) groups excluding carboxylic acids is 1. The van der Waals surface area contributed by atoms with Crippen LogP contribution in [0.15, 0.2) is 65.8 Å². The largest absolute Gasteiger partial charge is 0.497 e. The van der Waals surface area contributed by atoms with Gasteiger partial charge in [-0.15, -0.1) is 0 Å². The lowest BCUT2D eigenvalue weighted by Gasteiger charge is -2.09. The summed E-state index contributed by atoms with van der Waals surface area (Å²) in [6.45, 7) is 1.76. The molecule has 0 radical (unpaired) electrons. The van der Waals surface area contributed by atoms with E-state index in [0.29, 0.717) is 23.5 Å². The smallest absolute Gasteiger partial charge is 0.240 e. The molecule has 3 rings (SSSR count). The summed E-state index contributed by atoms with van der Waals surface area (Å²) in [6, 6.07) is 15.1. The number of amides is 1. The van der Waals surface area contributed by atoms with Crippen LogP contribution in [0.3, 0.4) is 0 Å². The molecule has 9 heteroatoms. The average molecular weight is 426 g/mol. The summed E-state index contributed by atoms with van der Waals surface area (Å²) in [5.74, 6) is 0.598. The molecule has 2 N–H and O–H groups in total. The lowest BCUT2D eigenvalue weighted by molar-refractivity contribution is -0.115. The molecule has 8 nitrogen and oxygen atoms in total. The second-order valence-electron chi connectivity index (χ2n) is 6.37. The third-order valence-electron chi connectivity index (χ3n) is 4.32. The summed E-state index contributed by atoms with van der Waals surface area (Å²) in [4.78, 5) is 19.9. The van der Waals surface area contributed by atoms with Crippen LogP contribution in [-0.4, -0.2) is 31.4 Å². The number of ether oxygens (including phenoxy) is 1. The van der Waals surface area contributed by atoms with E-state index in [1.807, 2.05) is 24.3 Å². The van der Waals surface area contributed by atoms with Gasteiger partial charge < -0.3 is 10.1 Å². The molecule has 1 amide bonds. The Morgan fingerprint density at radius 3 is 2.37 bits per heavy atom. The van der Waals surface area contributed by atoms with Crippen LogP contribution in [0.1, 0.15) is 19.0 Å². The minimum atomic E-state index is -3.74. The number of hydrogen-bond acceptors (Lipinski definition) is 6. The molecule has 156 valence electrons. The second kappa shape index (κ2) is 9.47. The van der Waals surface area contributed by atoms with Gasteiger partial charge in [0.2, 0.25) is 15.9 Å². The van der Waals surface area contributed by atoms with Crippen molar-refractivity contribution in [3.8, 4) is 17.0 Å². The first-order valence-electron chi connectivity index (χ1n) is 9.26. The highest BCUT2D eigenvalue weighted by molar-refractivity contribution is 7.89. The van der Waals surface area contributed by atoms with Crippen LogP contribution in [0.25, 0.3) is 11.3 Å². The van der Waals surface area contributed by atoms with E-state index in [-0.39, 0.29) is 17.3 Å². The Kier molecular flexibility index (Phi) is 6.76. The first-order valence-corrected chi connectivity index (χ1v) is 10.7. The van der Waals surface area contributed by atoms with Gasteiger partial charge in [0.1, 0.15) is 12.1 Å². The Balaban J connectivity index is 1.69. The summed E-state index contributed by atoms with van der Waals surface area (Å²) in [6.07, 6.45) is 1.74. The van der Waals surface area contributed by atoms with Crippen LogP contribution >= 0.6 is 0 Å². The fourth-order valence-electron chi connectivity index (χ4n) is 2.63. The number of carbonyl (C=O) groups is 1. The lowest BCUT2D eigenvalue weighted by atomic mass is 10.1. The van der Waals surface area contributed by atoms with Crippen LogP contribution in [-0.2, 0) is 21.4 Å². The van der Waals surface area contributed by atoms with Gasteiger partial charge in [-0.25, -0.2) is 23.1 Å². The van der Waals surface area contributed by atoms with Gasteiger partial charge >= 0.3 is 0 Å². The van der Waals surface area contributed by atoms with E-state index in [1.54, 1.807) is 32.2 Å². The highest BCUT2D eigenvalue weighted by atomic mass is 32.2. The first-order chi connectivity index (χ1) is 14.4. The van der Waals surface area contributed by atoms with Gasteiger partial charge in [-0.05, 0) is 54.6 Å². The molecular formula is C21H22N4O4S. The van der Waals surface area contributed by atoms with Crippen molar-refractivity contribution in [2.45, 2.75) is 24.8 Å². The van der Waals surface area contributed by atoms with Gasteiger partial charge in [-0.2, -0.15) is 0 Å². The van der Waals surface area contributed by atoms with Crippen LogP contribution in [0.5, 0.6) is 5.75 Å². The zero-order chi connectivity index (χ0) is 21.6.